The van der Waals surface area contributed by atoms with Crippen molar-refractivity contribution in [3.8, 4) is 0 Å². The van der Waals surface area contributed by atoms with E-state index in [9.17, 15) is 0 Å². The minimum Gasteiger partial charge on any atom is -0.0985 e. The van der Waals surface area contributed by atoms with Crippen molar-refractivity contribution in [2.75, 3.05) is 0 Å². The third-order valence-electron chi connectivity index (χ3n) is 4.24. The van der Waals surface area contributed by atoms with Gasteiger partial charge in [-0.05, 0) is 46.1 Å². The molecule has 0 aliphatic rings. The summed E-state index contributed by atoms with van der Waals surface area (Å²) in [6.07, 6.45) is 4.91. The van der Waals surface area contributed by atoms with Crippen LogP contribution in [-0.4, -0.2) is 0 Å². The standard InChI is InChI=1S/C14H20.C10H12/c1-6-12-7-8-13(10(2)3)9-14(12)11(4)5;1-3-9-5-7-10(4-2)8-6-9/h6-11H,1H2,2-5H3;3,5-8H,1,4H2,2H3. The molecule has 0 aliphatic carbocycles. The first-order chi connectivity index (χ1) is 11.4. The van der Waals surface area contributed by atoms with Gasteiger partial charge in [-0.2, -0.15) is 0 Å². The maximum absolute atomic E-state index is 3.85. The van der Waals surface area contributed by atoms with E-state index in [0.29, 0.717) is 11.8 Å². The monoisotopic (exact) mass is 320 g/mol. The topological polar surface area (TPSA) is 0 Å². The van der Waals surface area contributed by atoms with E-state index in [4.69, 9.17) is 0 Å². The van der Waals surface area contributed by atoms with Crippen LogP contribution in [0, 0.1) is 0 Å². The van der Waals surface area contributed by atoms with Gasteiger partial charge in [0.2, 0.25) is 0 Å². The lowest BCUT2D eigenvalue weighted by molar-refractivity contribution is 0.832. The molecule has 0 amide bonds. The molecule has 0 saturated heterocycles. The van der Waals surface area contributed by atoms with Crippen molar-refractivity contribution in [3.05, 3.63) is 83.4 Å². The Morgan fingerprint density at radius 2 is 1.46 bits per heavy atom. The lowest BCUT2D eigenvalue weighted by Crippen LogP contribution is -1.95. The maximum Gasteiger partial charge on any atom is -0.0213 e. The molecule has 0 bridgehead atoms. The summed E-state index contributed by atoms with van der Waals surface area (Å²) < 4.78 is 0. The molecule has 0 aromatic heterocycles. The van der Waals surface area contributed by atoms with Crippen molar-refractivity contribution >= 4 is 12.2 Å². The minimum absolute atomic E-state index is 0.571. The molecule has 0 heterocycles. The van der Waals surface area contributed by atoms with Crippen LogP contribution in [0.4, 0.5) is 0 Å². The zero-order valence-corrected chi connectivity index (χ0v) is 16.0. The molecular formula is C24H32. The summed E-state index contributed by atoms with van der Waals surface area (Å²) in [5.41, 5.74) is 6.66. The first-order valence-electron chi connectivity index (χ1n) is 8.90. The predicted molar refractivity (Wildman–Crippen MR) is 111 cm³/mol. The van der Waals surface area contributed by atoms with Crippen LogP contribution >= 0.6 is 0 Å². The third-order valence-corrected chi connectivity index (χ3v) is 4.24. The highest BCUT2D eigenvalue weighted by atomic mass is 14.1. The number of rotatable bonds is 5. The van der Waals surface area contributed by atoms with Crippen LogP contribution in [0.15, 0.2) is 55.6 Å². The number of aryl methyl sites for hydroxylation is 1. The van der Waals surface area contributed by atoms with Gasteiger partial charge in [0, 0.05) is 0 Å². The van der Waals surface area contributed by atoms with Crippen molar-refractivity contribution in [3.63, 3.8) is 0 Å². The van der Waals surface area contributed by atoms with E-state index in [-0.39, 0.29) is 0 Å². The van der Waals surface area contributed by atoms with Gasteiger partial charge < -0.3 is 0 Å². The van der Waals surface area contributed by atoms with Gasteiger partial charge in [0.1, 0.15) is 0 Å². The first kappa shape index (κ1) is 20.0. The van der Waals surface area contributed by atoms with Crippen LogP contribution in [0.1, 0.15) is 74.3 Å². The van der Waals surface area contributed by atoms with E-state index in [0.717, 1.165) is 6.42 Å². The van der Waals surface area contributed by atoms with Gasteiger partial charge in [0.05, 0.1) is 0 Å². The van der Waals surface area contributed by atoms with Gasteiger partial charge in [-0.3, -0.25) is 0 Å². The normalized spacial score (nSPS) is 10.3. The molecule has 128 valence electrons. The minimum atomic E-state index is 0.571. The van der Waals surface area contributed by atoms with E-state index >= 15 is 0 Å². The summed E-state index contributed by atoms with van der Waals surface area (Å²) in [5, 5.41) is 0. The van der Waals surface area contributed by atoms with E-state index in [1.165, 1.54) is 27.8 Å². The molecule has 2 aromatic rings. The van der Waals surface area contributed by atoms with Crippen LogP contribution in [0.5, 0.6) is 0 Å². The molecule has 0 radical (unpaired) electrons. The molecule has 0 heteroatoms. The summed E-state index contributed by atoms with van der Waals surface area (Å²) in [7, 11) is 0. The Labute approximate surface area is 148 Å². The van der Waals surface area contributed by atoms with Crippen molar-refractivity contribution in [1.82, 2.24) is 0 Å². The Morgan fingerprint density at radius 3 is 1.88 bits per heavy atom. The Balaban J connectivity index is 0.000000254. The van der Waals surface area contributed by atoms with Crippen LogP contribution < -0.4 is 0 Å². The van der Waals surface area contributed by atoms with Crippen LogP contribution in [0.25, 0.3) is 12.2 Å². The molecule has 0 fully saturated rings. The summed E-state index contributed by atoms with van der Waals surface area (Å²) in [6, 6.07) is 15.1. The lowest BCUT2D eigenvalue weighted by atomic mass is 9.92. The van der Waals surface area contributed by atoms with Gasteiger partial charge in [0.25, 0.3) is 0 Å². The average Bonchev–Trinajstić information content (AvgIpc) is 2.61. The largest absolute Gasteiger partial charge is 0.0985 e. The van der Waals surface area contributed by atoms with Crippen LogP contribution in [0.2, 0.25) is 0 Å². The Hall–Kier alpha value is -2.08. The highest BCUT2D eigenvalue weighted by Gasteiger charge is 2.07. The highest BCUT2D eigenvalue weighted by Crippen LogP contribution is 2.25. The smallest absolute Gasteiger partial charge is 0.0213 e. The molecule has 2 rings (SSSR count). The zero-order chi connectivity index (χ0) is 18.1. The Kier molecular flexibility index (Phi) is 8.26. The Bertz CT molecular complexity index is 642. The molecule has 0 atom stereocenters. The molecule has 0 saturated carbocycles. The van der Waals surface area contributed by atoms with E-state index in [1.807, 2.05) is 12.2 Å². The number of hydrogen-bond donors (Lipinski definition) is 0. The quantitative estimate of drug-likeness (QED) is 0.536. The summed E-state index contributed by atoms with van der Waals surface area (Å²) in [6.45, 7) is 18.6. The van der Waals surface area contributed by atoms with Crippen molar-refractivity contribution in [2.24, 2.45) is 0 Å². The van der Waals surface area contributed by atoms with Gasteiger partial charge in [-0.25, -0.2) is 0 Å². The second-order valence-electron chi connectivity index (χ2n) is 6.70. The molecule has 0 N–H and O–H groups in total. The second kappa shape index (κ2) is 9.93. The van der Waals surface area contributed by atoms with Gasteiger partial charge in [0.15, 0.2) is 0 Å². The predicted octanol–water partition coefficient (Wildman–Crippen LogP) is 7.47. The Morgan fingerprint density at radius 1 is 0.833 bits per heavy atom. The summed E-state index contributed by atoms with van der Waals surface area (Å²) >= 11 is 0. The molecule has 24 heavy (non-hydrogen) atoms. The van der Waals surface area contributed by atoms with Gasteiger partial charge >= 0.3 is 0 Å². The fraction of sp³-hybridized carbons (Fsp3) is 0.333. The zero-order valence-electron chi connectivity index (χ0n) is 16.0. The molecule has 0 unspecified atom stereocenters. The maximum atomic E-state index is 3.85. The van der Waals surface area contributed by atoms with E-state index in [1.54, 1.807) is 0 Å². The summed E-state index contributed by atoms with van der Waals surface area (Å²) in [5.74, 6) is 1.17. The van der Waals surface area contributed by atoms with Crippen LogP contribution in [0.3, 0.4) is 0 Å². The fourth-order valence-electron chi connectivity index (χ4n) is 2.53. The highest BCUT2D eigenvalue weighted by molar-refractivity contribution is 5.54. The van der Waals surface area contributed by atoms with E-state index < -0.39 is 0 Å². The summed E-state index contributed by atoms with van der Waals surface area (Å²) in [4.78, 5) is 0. The lowest BCUT2D eigenvalue weighted by Gasteiger charge is -2.14. The molecule has 0 spiro atoms. The molecule has 0 aliphatic heterocycles. The number of hydrogen-bond acceptors (Lipinski definition) is 0. The molecule has 2 aromatic carbocycles. The van der Waals surface area contributed by atoms with Crippen molar-refractivity contribution < 1.29 is 0 Å². The van der Waals surface area contributed by atoms with Gasteiger partial charge in [-0.15, -0.1) is 0 Å². The third kappa shape index (κ3) is 5.85. The first-order valence-corrected chi connectivity index (χ1v) is 8.90. The number of benzene rings is 2. The van der Waals surface area contributed by atoms with Crippen molar-refractivity contribution in [1.29, 1.82) is 0 Å². The van der Waals surface area contributed by atoms with Crippen LogP contribution in [-0.2, 0) is 6.42 Å². The van der Waals surface area contributed by atoms with E-state index in [2.05, 4.69) is 90.2 Å². The second-order valence-corrected chi connectivity index (χ2v) is 6.70. The molecular weight excluding hydrogens is 288 g/mol. The SMILES string of the molecule is C=Cc1ccc(C(C)C)cc1C(C)C.C=Cc1ccc(CC)cc1. The van der Waals surface area contributed by atoms with Crippen molar-refractivity contribution in [2.45, 2.75) is 52.9 Å². The fourth-order valence-corrected chi connectivity index (χ4v) is 2.53. The van der Waals surface area contributed by atoms with Gasteiger partial charge in [-0.1, -0.05) is 102 Å². The average molecular weight is 321 g/mol. The molecule has 0 nitrogen and oxygen atoms in total.